The number of rotatable bonds is 5. The van der Waals surface area contributed by atoms with Gasteiger partial charge in [0.15, 0.2) is 0 Å². The summed E-state index contributed by atoms with van der Waals surface area (Å²) in [7, 11) is 1.41. The topological polar surface area (TPSA) is 67.4 Å². The van der Waals surface area contributed by atoms with Crippen molar-refractivity contribution in [2.24, 2.45) is 5.92 Å². The van der Waals surface area contributed by atoms with Gasteiger partial charge in [0.1, 0.15) is 6.04 Å². The molecule has 0 aromatic rings. The van der Waals surface area contributed by atoms with Gasteiger partial charge in [0.25, 0.3) is 0 Å². The van der Waals surface area contributed by atoms with Crippen LogP contribution in [-0.4, -0.2) is 37.6 Å². The fourth-order valence-corrected chi connectivity index (χ4v) is 2.10. The lowest BCUT2D eigenvalue weighted by atomic mass is 10.1. The normalized spacial score (nSPS) is 26.3. The zero-order valence-electron chi connectivity index (χ0n) is 9.49. The minimum atomic E-state index is -0.192. The summed E-state index contributed by atoms with van der Waals surface area (Å²) >= 11 is 0. The lowest BCUT2D eigenvalue weighted by Gasteiger charge is -2.18. The predicted octanol–water partition coefficient (Wildman–Crippen LogP) is -0.194. The Morgan fingerprint density at radius 1 is 1.56 bits per heavy atom. The Morgan fingerprint density at radius 3 is 2.81 bits per heavy atom. The highest BCUT2D eigenvalue weighted by Gasteiger charge is 2.37. The Bertz CT molecular complexity index is 289. The third-order valence-corrected chi connectivity index (χ3v) is 3.22. The minimum Gasteiger partial charge on any atom is -0.468 e. The van der Waals surface area contributed by atoms with Crippen LogP contribution >= 0.6 is 0 Å². The second kappa shape index (κ2) is 4.82. The van der Waals surface area contributed by atoms with Gasteiger partial charge in [0.05, 0.1) is 7.11 Å². The summed E-state index contributed by atoms with van der Waals surface area (Å²) in [5, 5.41) is 6.08. The zero-order valence-corrected chi connectivity index (χ0v) is 9.49. The molecule has 0 radical (unpaired) electrons. The number of amides is 1. The molecule has 2 aliphatic rings. The molecule has 2 atom stereocenters. The Kier molecular flexibility index (Phi) is 3.43. The molecule has 5 heteroatoms. The van der Waals surface area contributed by atoms with E-state index < -0.39 is 0 Å². The molecule has 2 rings (SSSR count). The molecule has 1 saturated heterocycles. The molecule has 0 aromatic heterocycles. The van der Waals surface area contributed by atoms with Gasteiger partial charge in [-0.25, -0.2) is 0 Å². The van der Waals surface area contributed by atoms with Crippen LogP contribution in [0.1, 0.15) is 25.7 Å². The van der Waals surface area contributed by atoms with Crippen molar-refractivity contribution in [3.05, 3.63) is 0 Å². The van der Waals surface area contributed by atoms with E-state index in [2.05, 4.69) is 10.6 Å². The summed E-state index contributed by atoms with van der Waals surface area (Å²) in [5.74, 6) is 0.337. The minimum absolute atomic E-state index is 0.104. The van der Waals surface area contributed by atoms with Crippen LogP contribution < -0.4 is 10.6 Å². The molecular weight excluding hydrogens is 208 g/mol. The number of carbonyl (C=O) groups excluding carboxylic acids is 2. The second-order valence-corrected chi connectivity index (χ2v) is 4.55. The first-order valence-corrected chi connectivity index (χ1v) is 5.81. The molecule has 0 spiro atoms. The van der Waals surface area contributed by atoms with Crippen molar-refractivity contribution in [2.75, 3.05) is 13.7 Å². The molecule has 90 valence electrons. The number of nitrogens with one attached hydrogen (secondary N) is 2. The van der Waals surface area contributed by atoms with Crippen LogP contribution in [0.2, 0.25) is 0 Å². The average molecular weight is 226 g/mol. The smallest absolute Gasteiger partial charge is 0.323 e. The molecular formula is C11H18N2O3. The van der Waals surface area contributed by atoms with E-state index in [1.807, 2.05) is 0 Å². The van der Waals surface area contributed by atoms with Gasteiger partial charge in [-0.2, -0.15) is 0 Å². The van der Waals surface area contributed by atoms with Crippen LogP contribution in [0.25, 0.3) is 0 Å². The molecule has 1 aliphatic heterocycles. The number of ether oxygens (including phenoxy) is 1. The molecule has 16 heavy (non-hydrogen) atoms. The van der Waals surface area contributed by atoms with E-state index >= 15 is 0 Å². The van der Waals surface area contributed by atoms with Crippen LogP contribution in [0.4, 0.5) is 0 Å². The van der Waals surface area contributed by atoms with Crippen LogP contribution in [0.3, 0.4) is 0 Å². The summed E-state index contributed by atoms with van der Waals surface area (Å²) in [6.07, 6.45) is 3.62. The van der Waals surface area contributed by atoms with E-state index in [1.165, 1.54) is 7.11 Å². The maximum atomic E-state index is 11.5. The van der Waals surface area contributed by atoms with Gasteiger partial charge in [-0.15, -0.1) is 0 Å². The van der Waals surface area contributed by atoms with Crippen molar-refractivity contribution in [3.63, 3.8) is 0 Å². The number of methoxy groups -OCH3 is 1. The quantitative estimate of drug-likeness (QED) is 0.637. The Hall–Kier alpha value is -1.10. The fourth-order valence-electron chi connectivity index (χ4n) is 2.10. The van der Waals surface area contributed by atoms with Gasteiger partial charge >= 0.3 is 5.97 Å². The van der Waals surface area contributed by atoms with Gasteiger partial charge in [-0.1, -0.05) is 0 Å². The van der Waals surface area contributed by atoms with Crippen molar-refractivity contribution in [2.45, 2.75) is 37.8 Å². The molecule has 2 fully saturated rings. The number of hydrogen-bond acceptors (Lipinski definition) is 4. The first kappa shape index (κ1) is 11.4. The highest BCUT2D eigenvalue weighted by atomic mass is 16.5. The van der Waals surface area contributed by atoms with Crippen molar-refractivity contribution >= 4 is 11.9 Å². The van der Waals surface area contributed by atoms with Gasteiger partial charge in [-0.05, 0) is 25.2 Å². The van der Waals surface area contributed by atoms with Crippen LogP contribution in [0, 0.1) is 5.92 Å². The van der Waals surface area contributed by atoms with Crippen LogP contribution in [0.5, 0.6) is 0 Å². The molecule has 1 saturated carbocycles. The van der Waals surface area contributed by atoms with Gasteiger partial charge < -0.3 is 15.4 Å². The van der Waals surface area contributed by atoms with Crippen molar-refractivity contribution < 1.29 is 14.3 Å². The van der Waals surface area contributed by atoms with E-state index in [0.717, 1.165) is 19.3 Å². The highest BCUT2D eigenvalue weighted by molar-refractivity contribution is 5.78. The van der Waals surface area contributed by atoms with Gasteiger partial charge in [0.2, 0.25) is 5.91 Å². The largest absolute Gasteiger partial charge is 0.468 e. The second-order valence-electron chi connectivity index (χ2n) is 4.55. The van der Waals surface area contributed by atoms with Crippen molar-refractivity contribution in [1.29, 1.82) is 0 Å². The van der Waals surface area contributed by atoms with Crippen LogP contribution in [-0.2, 0) is 14.3 Å². The number of esters is 1. The van der Waals surface area contributed by atoms with Crippen molar-refractivity contribution in [1.82, 2.24) is 10.6 Å². The Labute approximate surface area is 94.9 Å². The summed E-state index contributed by atoms with van der Waals surface area (Å²) in [6.45, 7) is 0.655. The fraction of sp³-hybridized carbons (Fsp3) is 0.818. The first-order valence-electron chi connectivity index (χ1n) is 5.81. The van der Waals surface area contributed by atoms with E-state index in [0.29, 0.717) is 18.9 Å². The van der Waals surface area contributed by atoms with E-state index in [4.69, 9.17) is 4.74 Å². The van der Waals surface area contributed by atoms with Gasteiger partial charge in [0, 0.05) is 19.0 Å². The first-order chi connectivity index (χ1) is 7.70. The van der Waals surface area contributed by atoms with Gasteiger partial charge in [-0.3, -0.25) is 9.59 Å². The predicted molar refractivity (Wildman–Crippen MR) is 57.7 cm³/mol. The summed E-state index contributed by atoms with van der Waals surface area (Å²) < 4.78 is 4.76. The third kappa shape index (κ3) is 2.72. The van der Waals surface area contributed by atoms with E-state index in [-0.39, 0.29) is 24.0 Å². The number of hydrogen-bond donors (Lipinski definition) is 2. The molecule has 2 N–H and O–H groups in total. The monoisotopic (exact) mass is 226 g/mol. The third-order valence-electron chi connectivity index (χ3n) is 3.22. The zero-order chi connectivity index (χ0) is 11.5. The molecule has 0 aromatic carbocycles. The van der Waals surface area contributed by atoms with Crippen LogP contribution in [0.15, 0.2) is 0 Å². The molecule has 1 amide bonds. The summed E-state index contributed by atoms with van der Waals surface area (Å²) in [4.78, 5) is 22.5. The summed E-state index contributed by atoms with van der Waals surface area (Å²) in [6, 6.07) is -0.0269. The highest BCUT2D eigenvalue weighted by Crippen LogP contribution is 2.33. The number of carbonyl (C=O) groups is 2. The maximum Gasteiger partial charge on any atom is 0.323 e. The average Bonchev–Trinajstić information content (AvgIpc) is 3.02. The lowest BCUT2D eigenvalue weighted by molar-refractivity contribution is -0.143. The lowest BCUT2D eigenvalue weighted by Crippen LogP contribution is -2.45. The molecule has 5 nitrogen and oxygen atoms in total. The Balaban J connectivity index is 1.77. The molecule has 1 aliphatic carbocycles. The van der Waals surface area contributed by atoms with E-state index in [1.54, 1.807) is 0 Å². The van der Waals surface area contributed by atoms with E-state index in [9.17, 15) is 9.59 Å². The Morgan fingerprint density at radius 2 is 2.31 bits per heavy atom. The summed E-state index contributed by atoms with van der Waals surface area (Å²) in [5.41, 5.74) is 0. The molecule has 1 heterocycles. The SMILES string of the molecule is COC(=O)C(NCC1CCC(=O)N1)C1CC1. The maximum absolute atomic E-state index is 11.5. The standard InChI is InChI=1S/C11H18N2O3/c1-16-11(15)10(7-2-3-7)12-6-8-4-5-9(14)13-8/h7-8,10,12H,2-6H2,1H3,(H,13,14). The van der Waals surface area contributed by atoms with Crippen molar-refractivity contribution in [3.8, 4) is 0 Å². The molecule has 0 bridgehead atoms. The molecule has 2 unspecified atom stereocenters.